The van der Waals surface area contributed by atoms with Crippen LogP contribution in [0.15, 0.2) is 89.8 Å². The Hall–Kier alpha value is -2.98. The second-order valence-corrected chi connectivity index (χ2v) is 7.44. The monoisotopic (exact) mass is 387 g/mol. The van der Waals surface area contributed by atoms with Gasteiger partial charge in [0.1, 0.15) is 18.1 Å². The highest BCUT2D eigenvalue weighted by Crippen LogP contribution is 2.26. The molecule has 3 aromatic carbocycles. The lowest BCUT2D eigenvalue weighted by atomic mass is 10.2. The van der Waals surface area contributed by atoms with Gasteiger partial charge in [0.15, 0.2) is 0 Å². The zero-order chi connectivity index (χ0) is 19.2. The molecule has 3 nitrogen and oxygen atoms in total. The number of aromatic nitrogens is 1. The van der Waals surface area contributed by atoms with Crippen LogP contribution in [-0.4, -0.2) is 12.1 Å². The van der Waals surface area contributed by atoms with E-state index in [2.05, 4.69) is 41.4 Å². The number of para-hydroxylation sites is 1. The molecule has 0 saturated carbocycles. The number of benzene rings is 3. The molecule has 0 saturated heterocycles. The van der Waals surface area contributed by atoms with Crippen molar-refractivity contribution < 1.29 is 9.47 Å². The van der Waals surface area contributed by atoms with E-state index in [1.807, 2.05) is 48.5 Å². The lowest BCUT2D eigenvalue weighted by Crippen LogP contribution is -1.98. The van der Waals surface area contributed by atoms with Crippen molar-refractivity contribution in [3.8, 4) is 11.5 Å². The van der Waals surface area contributed by atoms with Crippen LogP contribution in [0, 0.1) is 0 Å². The molecule has 1 heterocycles. The van der Waals surface area contributed by atoms with Crippen molar-refractivity contribution >= 4 is 22.7 Å². The Morgan fingerprint density at radius 1 is 0.786 bits per heavy atom. The minimum atomic E-state index is 0.461. The maximum absolute atomic E-state index is 5.90. The first-order chi connectivity index (χ1) is 13.8. The predicted octanol–water partition coefficient (Wildman–Crippen LogP) is 6.11. The molecule has 0 aliphatic carbocycles. The summed E-state index contributed by atoms with van der Waals surface area (Å²) < 4.78 is 11.1. The van der Waals surface area contributed by atoms with Gasteiger partial charge in [-0.15, -0.1) is 11.8 Å². The van der Waals surface area contributed by atoms with Crippen molar-refractivity contribution in [2.75, 3.05) is 7.11 Å². The number of hydrogen-bond donors (Lipinski definition) is 0. The summed E-state index contributed by atoms with van der Waals surface area (Å²) in [4.78, 5) is 5.86. The Labute approximate surface area is 169 Å². The quantitative estimate of drug-likeness (QED) is 0.358. The van der Waals surface area contributed by atoms with Crippen LogP contribution < -0.4 is 9.47 Å². The molecule has 4 aromatic rings. The molecule has 0 aliphatic rings. The smallest absolute Gasteiger partial charge is 0.130 e. The highest BCUT2D eigenvalue weighted by atomic mass is 32.2. The third kappa shape index (κ3) is 4.65. The van der Waals surface area contributed by atoms with Gasteiger partial charge in [-0.05, 0) is 54.1 Å². The summed E-state index contributed by atoms with van der Waals surface area (Å²) in [6.07, 6.45) is 0. The summed E-state index contributed by atoms with van der Waals surface area (Å²) in [5.74, 6) is 2.66. The van der Waals surface area contributed by atoms with E-state index in [0.29, 0.717) is 6.61 Å². The van der Waals surface area contributed by atoms with Crippen LogP contribution in [0.5, 0.6) is 11.5 Å². The largest absolute Gasteiger partial charge is 0.497 e. The summed E-state index contributed by atoms with van der Waals surface area (Å²) in [6, 6.07) is 28.6. The van der Waals surface area contributed by atoms with Gasteiger partial charge in [-0.2, -0.15) is 0 Å². The van der Waals surface area contributed by atoms with Crippen LogP contribution in [0.4, 0.5) is 0 Å². The van der Waals surface area contributed by atoms with Gasteiger partial charge in [-0.3, -0.25) is 0 Å². The van der Waals surface area contributed by atoms with Gasteiger partial charge in [0, 0.05) is 16.0 Å². The maximum Gasteiger partial charge on any atom is 0.130 e. The molecule has 4 rings (SSSR count). The molecular formula is C24H21NO2S. The minimum Gasteiger partial charge on any atom is -0.497 e. The number of methoxy groups -OCH3 is 1. The number of thioether (sulfide) groups is 1. The molecule has 0 spiro atoms. The van der Waals surface area contributed by atoms with E-state index >= 15 is 0 Å². The molecule has 0 radical (unpaired) electrons. The van der Waals surface area contributed by atoms with Gasteiger partial charge in [0.05, 0.1) is 18.3 Å². The Kier molecular flexibility index (Phi) is 5.78. The Bertz CT molecular complexity index is 1050. The van der Waals surface area contributed by atoms with Crippen molar-refractivity contribution in [3.05, 3.63) is 96.2 Å². The molecule has 140 valence electrons. The third-order valence-corrected chi connectivity index (χ3v) is 5.51. The van der Waals surface area contributed by atoms with Crippen molar-refractivity contribution in [2.24, 2.45) is 0 Å². The first-order valence-corrected chi connectivity index (χ1v) is 10.1. The molecule has 1 aromatic heterocycles. The Morgan fingerprint density at radius 2 is 1.54 bits per heavy atom. The van der Waals surface area contributed by atoms with E-state index in [1.165, 1.54) is 10.5 Å². The summed E-state index contributed by atoms with van der Waals surface area (Å²) in [5, 5.41) is 1.14. The normalized spacial score (nSPS) is 10.8. The molecule has 0 N–H and O–H groups in total. The molecule has 0 fully saturated rings. The molecule has 0 amide bonds. The van der Waals surface area contributed by atoms with E-state index in [1.54, 1.807) is 18.9 Å². The average molecular weight is 388 g/mol. The van der Waals surface area contributed by atoms with Gasteiger partial charge in [-0.25, -0.2) is 4.98 Å². The van der Waals surface area contributed by atoms with Crippen LogP contribution in [0.25, 0.3) is 10.9 Å². The minimum absolute atomic E-state index is 0.461. The predicted molar refractivity (Wildman–Crippen MR) is 115 cm³/mol. The van der Waals surface area contributed by atoms with Crippen molar-refractivity contribution in [1.29, 1.82) is 0 Å². The van der Waals surface area contributed by atoms with Crippen molar-refractivity contribution in [2.45, 2.75) is 17.3 Å². The summed E-state index contributed by atoms with van der Waals surface area (Å²) in [5.41, 5.74) is 3.19. The first kappa shape index (κ1) is 18.4. The lowest BCUT2D eigenvalue weighted by Gasteiger charge is -2.08. The van der Waals surface area contributed by atoms with Crippen molar-refractivity contribution in [1.82, 2.24) is 4.98 Å². The topological polar surface area (TPSA) is 31.4 Å². The van der Waals surface area contributed by atoms with Crippen LogP contribution >= 0.6 is 11.8 Å². The Morgan fingerprint density at radius 3 is 2.32 bits per heavy atom. The van der Waals surface area contributed by atoms with Gasteiger partial charge < -0.3 is 9.47 Å². The summed E-state index contributed by atoms with van der Waals surface area (Å²) in [6.45, 7) is 0.461. The highest BCUT2D eigenvalue weighted by Gasteiger charge is 2.02. The molecule has 0 atom stereocenters. The average Bonchev–Trinajstić information content (AvgIpc) is 2.77. The number of pyridine rings is 1. The first-order valence-electron chi connectivity index (χ1n) is 9.13. The molecule has 0 aliphatic heterocycles. The number of ether oxygens (including phenoxy) is 2. The van der Waals surface area contributed by atoms with Crippen LogP contribution in [0.1, 0.15) is 11.3 Å². The standard InChI is InChI=1S/C24H21NO2S/c1-26-21-10-6-18(7-11-21)17-28-23-14-12-22(13-15-23)27-16-20-9-8-19-4-2-3-5-24(19)25-20/h2-15H,16-17H2,1H3. The van der Waals surface area contributed by atoms with Crippen molar-refractivity contribution in [3.63, 3.8) is 0 Å². The van der Waals surface area contributed by atoms with E-state index < -0.39 is 0 Å². The molecule has 4 heteroatoms. The van der Waals surface area contributed by atoms with E-state index in [9.17, 15) is 0 Å². The lowest BCUT2D eigenvalue weighted by molar-refractivity contribution is 0.301. The van der Waals surface area contributed by atoms with Gasteiger partial charge in [0.25, 0.3) is 0 Å². The second-order valence-electron chi connectivity index (χ2n) is 6.39. The fourth-order valence-electron chi connectivity index (χ4n) is 2.87. The zero-order valence-corrected chi connectivity index (χ0v) is 16.5. The van der Waals surface area contributed by atoms with Crippen LogP contribution in [0.2, 0.25) is 0 Å². The van der Waals surface area contributed by atoms with Gasteiger partial charge >= 0.3 is 0 Å². The molecule has 0 bridgehead atoms. The molecular weight excluding hydrogens is 366 g/mol. The van der Waals surface area contributed by atoms with Gasteiger partial charge in [0.2, 0.25) is 0 Å². The van der Waals surface area contributed by atoms with Crippen LogP contribution in [-0.2, 0) is 12.4 Å². The fourth-order valence-corrected chi connectivity index (χ4v) is 3.72. The number of rotatable bonds is 7. The fraction of sp³-hybridized carbons (Fsp3) is 0.125. The van der Waals surface area contributed by atoms with Crippen LogP contribution in [0.3, 0.4) is 0 Å². The Balaban J connectivity index is 1.32. The maximum atomic E-state index is 5.90. The zero-order valence-electron chi connectivity index (χ0n) is 15.7. The van der Waals surface area contributed by atoms with E-state index in [0.717, 1.165) is 33.8 Å². The third-order valence-electron chi connectivity index (χ3n) is 4.43. The highest BCUT2D eigenvalue weighted by molar-refractivity contribution is 7.98. The molecule has 0 unspecified atom stereocenters. The van der Waals surface area contributed by atoms with E-state index in [-0.39, 0.29) is 0 Å². The number of fused-ring (bicyclic) bond motifs is 1. The van der Waals surface area contributed by atoms with Gasteiger partial charge in [-0.1, -0.05) is 36.4 Å². The number of hydrogen-bond acceptors (Lipinski definition) is 4. The van der Waals surface area contributed by atoms with E-state index in [4.69, 9.17) is 9.47 Å². The SMILES string of the molecule is COc1ccc(CSc2ccc(OCc3ccc4ccccc4n3)cc2)cc1. The summed E-state index contributed by atoms with van der Waals surface area (Å²) in [7, 11) is 1.68. The molecule has 28 heavy (non-hydrogen) atoms. The second kappa shape index (κ2) is 8.81. The number of nitrogens with zero attached hydrogens (tertiary/aromatic N) is 1. The summed E-state index contributed by atoms with van der Waals surface area (Å²) >= 11 is 1.80.